The van der Waals surface area contributed by atoms with Crippen LogP contribution in [-0.2, 0) is 29.4 Å². The number of fused-ring (bicyclic) bond motifs is 1. The van der Waals surface area contributed by atoms with Gasteiger partial charge in [-0.15, -0.1) is 4.40 Å². The van der Waals surface area contributed by atoms with Crippen LogP contribution in [0.1, 0.15) is 22.5 Å². The first-order chi connectivity index (χ1) is 10.4. The molecule has 116 valence electrons. The van der Waals surface area contributed by atoms with E-state index in [2.05, 4.69) is 9.50 Å². The molecule has 0 radical (unpaired) electrons. The minimum atomic E-state index is -3.54. The summed E-state index contributed by atoms with van der Waals surface area (Å²) in [5.41, 5.74) is 8.75. The van der Waals surface area contributed by atoms with Gasteiger partial charge in [0.2, 0.25) is 0 Å². The molecule has 0 atom stereocenters. The highest BCUT2D eigenvalue weighted by Crippen LogP contribution is 2.28. The standard InChI is InChI=1S/C14H16N4O3S/c1-9-6-11(16-18(9)2)7-21-12-5-3-4-10-8-22(19,20)17-14(15)13(10)12/h3-6H,7-8H2,1-2H3,(H2,15,17). The van der Waals surface area contributed by atoms with Gasteiger partial charge in [0.15, 0.2) is 0 Å². The van der Waals surface area contributed by atoms with Crippen LogP contribution in [0.25, 0.3) is 0 Å². The van der Waals surface area contributed by atoms with Gasteiger partial charge in [-0.25, -0.2) is 8.42 Å². The maximum atomic E-state index is 11.6. The first-order valence-corrected chi connectivity index (χ1v) is 8.29. The number of aromatic nitrogens is 2. The Morgan fingerprint density at radius 2 is 2.18 bits per heavy atom. The zero-order valence-corrected chi connectivity index (χ0v) is 13.1. The molecule has 0 spiro atoms. The van der Waals surface area contributed by atoms with Gasteiger partial charge >= 0.3 is 0 Å². The van der Waals surface area contributed by atoms with Crippen molar-refractivity contribution < 1.29 is 13.2 Å². The zero-order chi connectivity index (χ0) is 15.9. The Labute approximate surface area is 128 Å². The molecule has 1 aliphatic heterocycles. The largest absolute Gasteiger partial charge is 0.486 e. The molecule has 2 N–H and O–H groups in total. The Balaban J connectivity index is 1.90. The molecular formula is C14H16N4O3S. The van der Waals surface area contributed by atoms with Gasteiger partial charge in [-0.3, -0.25) is 4.68 Å². The quantitative estimate of drug-likeness (QED) is 0.904. The fourth-order valence-electron chi connectivity index (χ4n) is 2.39. The monoisotopic (exact) mass is 320 g/mol. The third kappa shape index (κ3) is 2.69. The molecule has 0 bridgehead atoms. The van der Waals surface area contributed by atoms with E-state index in [0.717, 1.165) is 11.4 Å². The van der Waals surface area contributed by atoms with Crippen molar-refractivity contribution >= 4 is 15.9 Å². The molecule has 1 aromatic carbocycles. The van der Waals surface area contributed by atoms with Gasteiger partial charge in [-0.05, 0) is 24.6 Å². The summed E-state index contributed by atoms with van der Waals surface area (Å²) in [6, 6.07) is 7.13. The van der Waals surface area contributed by atoms with E-state index in [1.54, 1.807) is 22.9 Å². The van der Waals surface area contributed by atoms with Gasteiger partial charge in [0.25, 0.3) is 10.0 Å². The third-order valence-electron chi connectivity index (χ3n) is 3.48. The highest BCUT2D eigenvalue weighted by molar-refractivity contribution is 7.89. The van der Waals surface area contributed by atoms with E-state index < -0.39 is 10.0 Å². The zero-order valence-electron chi connectivity index (χ0n) is 12.3. The van der Waals surface area contributed by atoms with Crippen LogP contribution < -0.4 is 10.5 Å². The van der Waals surface area contributed by atoms with Crippen LogP contribution in [0, 0.1) is 6.92 Å². The van der Waals surface area contributed by atoms with E-state index in [4.69, 9.17) is 10.5 Å². The Hall–Kier alpha value is -2.35. The summed E-state index contributed by atoms with van der Waals surface area (Å²) in [4.78, 5) is 0. The number of nitrogens with zero attached hydrogens (tertiary/aromatic N) is 3. The van der Waals surface area contributed by atoms with Gasteiger partial charge in [-0.1, -0.05) is 12.1 Å². The molecule has 7 nitrogen and oxygen atoms in total. The Kier molecular flexibility index (Phi) is 3.40. The summed E-state index contributed by atoms with van der Waals surface area (Å²) < 4.78 is 34.4. The summed E-state index contributed by atoms with van der Waals surface area (Å²) in [7, 11) is -1.68. The SMILES string of the molecule is Cc1cc(COc2cccc3c2C(N)=NS(=O)(=O)C3)nn1C. The number of nitrogens with two attached hydrogens (primary N) is 1. The second-order valence-electron chi connectivity index (χ2n) is 5.18. The number of hydrogen-bond acceptors (Lipinski definition) is 5. The molecule has 0 aliphatic carbocycles. The van der Waals surface area contributed by atoms with Crippen molar-refractivity contribution in [2.24, 2.45) is 17.2 Å². The maximum absolute atomic E-state index is 11.6. The second-order valence-corrected chi connectivity index (χ2v) is 6.82. The molecule has 2 aromatic rings. The van der Waals surface area contributed by atoms with Crippen LogP contribution in [0.4, 0.5) is 0 Å². The summed E-state index contributed by atoms with van der Waals surface area (Å²) >= 11 is 0. The van der Waals surface area contributed by atoms with Crippen molar-refractivity contribution in [2.45, 2.75) is 19.3 Å². The van der Waals surface area contributed by atoms with Crippen molar-refractivity contribution in [1.29, 1.82) is 0 Å². The maximum Gasteiger partial charge on any atom is 0.259 e. The first kappa shape index (κ1) is 14.6. The van der Waals surface area contributed by atoms with Gasteiger partial charge < -0.3 is 10.5 Å². The Morgan fingerprint density at radius 3 is 2.86 bits per heavy atom. The Morgan fingerprint density at radius 1 is 1.41 bits per heavy atom. The lowest BCUT2D eigenvalue weighted by Crippen LogP contribution is -2.24. The third-order valence-corrected chi connectivity index (χ3v) is 4.63. The molecule has 0 amide bonds. The molecule has 22 heavy (non-hydrogen) atoms. The second kappa shape index (κ2) is 5.13. The van der Waals surface area contributed by atoms with Crippen molar-refractivity contribution in [3.05, 3.63) is 46.8 Å². The topological polar surface area (TPSA) is 99.6 Å². The molecule has 0 saturated carbocycles. The normalized spacial score (nSPS) is 16.0. The van der Waals surface area contributed by atoms with E-state index in [1.165, 1.54) is 0 Å². The molecule has 0 fully saturated rings. The van der Waals surface area contributed by atoms with Crippen LogP contribution in [0.5, 0.6) is 5.75 Å². The molecule has 2 heterocycles. The van der Waals surface area contributed by atoms with E-state index >= 15 is 0 Å². The number of rotatable bonds is 3. The summed E-state index contributed by atoms with van der Waals surface area (Å²) in [6.45, 7) is 2.23. The molecule has 3 rings (SSSR count). The van der Waals surface area contributed by atoms with Crippen molar-refractivity contribution in [1.82, 2.24) is 9.78 Å². The summed E-state index contributed by atoms with van der Waals surface area (Å²) in [5.74, 6) is 0.314. The van der Waals surface area contributed by atoms with E-state index in [9.17, 15) is 8.42 Å². The fourth-order valence-corrected chi connectivity index (χ4v) is 3.48. The highest BCUT2D eigenvalue weighted by Gasteiger charge is 2.25. The summed E-state index contributed by atoms with van der Waals surface area (Å²) in [5, 5.41) is 4.31. The van der Waals surface area contributed by atoms with E-state index in [1.807, 2.05) is 20.0 Å². The van der Waals surface area contributed by atoms with Crippen LogP contribution in [0.3, 0.4) is 0 Å². The number of aryl methyl sites for hydroxylation is 2. The minimum Gasteiger partial charge on any atom is -0.486 e. The predicted octanol–water partition coefficient (Wildman–Crippen LogP) is 0.856. The van der Waals surface area contributed by atoms with Crippen LogP contribution in [0.15, 0.2) is 28.7 Å². The highest BCUT2D eigenvalue weighted by atomic mass is 32.2. The fraction of sp³-hybridized carbons (Fsp3) is 0.286. The predicted molar refractivity (Wildman–Crippen MR) is 82.1 cm³/mol. The van der Waals surface area contributed by atoms with Gasteiger partial charge in [0.1, 0.15) is 23.9 Å². The van der Waals surface area contributed by atoms with E-state index in [-0.39, 0.29) is 18.2 Å². The minimum absolute atomic E-state index is 0.0333. The lowest BCUT2D eigenvalue weighted by Gasteiger charge is -2.17. The van der Waals surface area contributed by atoms with Crippen molar-refractivity contribution in [3.63, 3.8) is 0 Å². The summed E-state index contributed by atoms with van der Waals surface area (Å²) in [6.07, 6.45) is 0. The van der Waals surface area contributed by atoms with Gasteiger partial charge in [-0.2, -0.15) is 5.10 Å². The van der Waals surface area contributed by atoms with Crippen LogP contribution in [-0.4, -0.2) is 24.0 Å². The van der Waals surface area contributed by atoms with E-state index in [0.29, 0.717) is 16.9 Å². The van der Waals surface area contributed by atoms with Crippen molar-refractivity contribution in [2.75, 3.05) is 0 Å². The number of ether oxygens (including phenoxy) is 1. The smallest absolute Gasteiger partial charge is 0.259 e. The number of hydrogen-bond donors (Lipinski definition) is 1. The molecule has 0 unspecified atom stereocenters. The lowest BCUT2D eigenvalue weighted by molar-refractivity contribution is 0.299. The van der Waals surface area contributed by atoms with Crippen LogP contribution in [0.2, 0.25) is 0 Å². The number of amidine groups is 1. The Bertz CT molecular complexity index is 849. The van der Waals surface area contributed by atoms with Gasteiger partial charge in [0, 0.05) is 12.7 Å². The lowest BCUT2D eigenvalue weighted by atomic mass is 10.1. The van der Waals surface area contributed by atoms with Gasteiger partial charge in [0.05, 0.1) is 11.3 Å². The molecular weight excluding hydrogens is 304 g/mol. The van der Waals surface area contributed by atoms with Crippen molar-refractivity contribution in [3.8, 4) is 5.75 Å². The molecule has 8 heteroatoms. The first-order valence-electron chi connectivity index (χ1n) is 6.68. The molecule has 1 aromatic heterocycles. The van der Waals surface area contributed by atoms with Crippen LogP contribution >= 0.6 is 0 Å². The molecule has 0 saturated heterocycles. The number of sulfonamides is 1. The average molecular weight is 320 g/mol. The molecule has 1 aliphatic rings. The number of benzene rings is 1. The average Bonchev–Trinajstić information content (AvgIpc) is 2.73.